The smallest absolute Gasteiger partial charge is 0.0682 e. The lowest BCUT2D eigenvalue weighted by atomic mass is 9.89. The number of aliphatic hydroxyl groups is 1. The molecule has 0 saturated carbocycles. The van der Waals surface area contributed by atoms with Crippen molar-refractivity contribution < 1.29 is 5.11 Å². The molecule has 1 aromatic rings. The Morgan fingerprint density at radius 1 is 1.06 bits per heavy atom. The normalized spacial score (nSPS) is 12.1. The Labute approximate surface area is 99.5 Å². The van der Waals surface area contributed by atoms with E-state index in [2.05, 4.69) is 38.1 Å². The molecule has 0 heterocycles. The largest absolute Gasteiger partial charge is 0.390 e. The van der Waals surface area contributed by atoms with E-state index in [0.717, 1.165) is 19.3 Å². The van der Waals surface area contributed by atoms with Crippen LogP contribution in [0.3, 0.4) is 0 Å². The molecule has 1 heteroatoms. The average molecular weight is 220 g/mol. The van der Waals surface area contributed by atoms with Crippen LogP contribution in [0.2, 0.25) is 0 Å². The highest BCUT2D eigenvalue weighted by Gasteiger charge is 2.22. The molecular weight excluding hydrogens is 196 g/mol. The van der Waals surface area contributed by atoms with E-state index in [-0.39, 0.29) is 0 Å². The molecule has 0 aromatic heterocycles. The highest BCUT2D eigenvalue weighted by molar-refractivity contribution is 5.25. The molecule has 0 radical (unpaired) electrons. The van der Waals surface area contributed by atoms with Gasteiger partial charge in [0.1, 0.15) is 0 Å². The SMILES string of the molecule is CCC(O)(CC)Cc1ccc(C(C)C)cc1. The first-order valence-corrected chi connectivity index (χ1v) is 6.32. The lowest BCUT2D eigenvalue weighted by Crippen LogP contribution is -2.29. The fraction of sp³-hybridized carbons (Fsp3) is 0.600. The first-order chi connectivity index (χ1) is 7.50. The van der Waals surface area contributed by atoms with Crippen molar-refractivity contribution in [2.75, 3.05) is 0 Å². The van der Waals surface area contributed by atoms with Crippen LogP contribution in [-0.2, 0) is 6.42 Å². The van der Waals surface area contributed by atoms with Crippen LogP contribution in [0.15, 0.2) is 24.3 Å². The van der Waals surface area contributed by atoms with Crippen molar-refractivity contribution in [3.8, 4) is 0 Å². The second-order valence-electron chi connectivity index (χ2n) is 5.00. The van der Waals surface area contributed by atoms with Gasteiger partial charge >= 0.3 is 0 Å². The van der Waals surface area contributed by atoms with Crippen LogP contribution in [-0.4, -0.2) is 10.7 Å². The predicted molar refractivity (Wildman–Crippen MR) is 69.8 cm³/mol. The van der Waals surface area contributed by atoms with Gasteiger partial charge in [-0.2, -0.15) is 0 Å². The van der Waals surface area contributed by atoms with E-state index < -0.39 is 5.60 Å². The molecule has 1 aromatic carbocycles. The van der Waals surface area contributed by atoms with Crippen molar-refractivity contribution >= 4 is 0 Å². The van der Waals surface area contributed by atoms with Gasteiger partial charge in [0.2, 0.25) is 0 Å². The summed E-state index contributed by atoms with van der Waals surface area (Å²) >= 11 is 0. The molecule has 1 nitrogen and oxygen atoms in total. The quantitative estimate of drug-likeness (QED) is 0.798. The Bertz CT molecular complexity index is 307. The molecule has 0 aliphatic rings. The van der Waals surface area contributed by atoms with Crippen molar-refractivity contribution in [3.05, 3.63) is 35.4 Å². The summed E-state index contributed by atoms with van der Waals surface area (Å²) in [6.07, 6.45) is 2.39. The average Bonchev–Trinajstić information content (AvgIpc) is 2.29. The van der Waals surface area contributed by atoms with Crippen molar-refractivity contribution in [1.82, 2.24) is 0 Å². The molecule has 0 amide bonds. The number of rotatable bonds is 5. The second kappa shape index (κ2) is 5.49. The van der Waals surface area contributed by atoms with Gasteiger partial charge in [0.25, 0.3) is 0 Å². The Morgan fingerprint density at radius 2 is 1.56 bits per heavy atom. The van der Waals surface area contributed by atoms with Gasteiger partial charge in [-0.05, 0) is 29.9 Å². The molecule has 1 N–H and O–H groups in total. The first-order valence-electron chi connectivity index (χ1n) is 6.32. The molecule has 0 spiro atoms. The van der Waals surface area contributed by atoms with Crippen molar-refractivity contribution in [2.45, 2.75) is 58.5 Å². The maximum absolute atomic E-state index is 10.3. The molecule has 1 rings (SSSR count). The summed E-state index contributed by atoms with van der Waals surface area (Å²) in [7, 11) is 0. The lowest BCUT2D eigenvalue weighted by molar-refractivity contribution is 0.0326. The van der Waals surface area contributed by atoms with Crippen LogP contribution in [0.4, 0.5) is 0 Å². The summed E-state index contributed by atoms with van der Waals surface area (Å²) < 4.78 is 0. The molecule has 0 unspecified atom stereocenters. The minimum Gasteiger partial charge on any atom is -0.390 e. The van der Waals surface area contributed by atoms with E-state index in [9.17, 15) is 5.11 Å². The minimum atomic E-state index is -0.528. The third-order valence-electron chi connectivity index (χ3n) is 3.50. The topological polar surface area (TPSA) is 20.2 Å². The van der Waals surface area contributed by atoms with Gasteiger partial charge in [0, 0.05) is 6.42 Å². The van der Waals surface area contributed by atoms with Gasteiger partial charge in [0.15, 0.2) is 0 Å². The van der Waals surface area contributed by atoms with E-state index in [1.54, 1.807) is 0 Å². The van der Waals surface area contributed by atoms with E-state index >= 15 is 0 Å². The number of hydrogen-bond donors (Lipinski definition) is 1. The van der Waals surface area contributed by atoms with Gasteiger partial charge in [-0.3, -0.25) is 0 Å². The molecule has 0 aliphatic heterocycles. The summed E-state index contributed by atoms with van der Waals surface area (Å²) in [6, 6.07) is 8.63. The lowest BCUT2D eigenvalue weighted by Gasteiger charge is -2.25. The van der Waals surface area contributed by atoms with Gasteiger partial charge in [0.05, 0.1) is 5.60 Å². The summed E-state index contributed by atoms with van der Waals surface area (Å²) in [6.45, 7) is 8.49. The number of hydrogen-bond acceptors (Lipinski definition) is 1. The van der Waals surface area contributed by atoms with Gasteiger partial charge in [-0.1, -0.05) is 52.0 Å². The van der Waals surface area contributed by atoms with Crippen molar-refractivity contribution in [3.63, 3.8) is 0 Å². The summed E-state index contributed by atoms with van der Waals surface area (Å²) in [5.74, 6) is 0.574. The zero-order valence-electron chi connectivity index (χ0n) is 11.0. The van der Waals surface area contributed by atoms with Crippen LogP contribution in [0.1, 0.15) is 57.6 Å². The van der Waals surface area contributed by atoms with Crippen molar-refractivity contribution in [2.24, 2.45) is 0 Å². The second-order valence-corrected chi connectivity index (χ2v) is 5.00. The van der Waals surface area contributed by atoms with E-state index in [1.807, 2.05) is 13.8 Å². The Morgan fingerprint density at radius 3 is 1.94 bits per heavy atom. The predicted octanol–water partition coefficient (Wildman–Crippen LogP) is 3.90. The summed E-state index contributed by atoms with van der Waals surface area (Å²) in [5, 5.41) is 10.3. The fourth-order valence-electron chi connectivity index (χ4n) is 1.90. The first kappa shape index (κ1) is 13.2. The van der Waals surface area contributed by atoms with Crippen LogP contribution in [0, 0.1) is 0 Å². The maximum atomic E-state index is 10.3. The third kappa shape index (κ3) is 3.34. The maximum Gasteiger partial charge on any atom is 0.0682 e. The molecule has 0 aliphatic carbocycles. The van der Waals surface area contributed by atoms with Gasteiger partial charge < -0.3 is 5.11 Å². The van der Waals surface area contributed by atoms with Crippen LogP contribution in [0.5, 0.6) is 0 Å². The molecular formula is C15H24O. The number of benzene rings is 1. The zero-order chi connectivity index (χ0) is 12.2. The van der Waals surface area contributed by atoms with Crippen LogP contribution < -0.4 is 0 Å². The fourth-order valence-corrected chi connectivity index (χ4v) is 1.90. The molecule has 0 bridgehead atoms. The highest BCUT2D eigenvalue weighted by Crippen LogP contribution is 2.22. The molecule has 0 fully saturated rings. The van der Waals surface area contributed by atoms with Crippen LogP contribution in [0.25, 0.3) is 0 Å². The van der Waals surface area contributed by atoms with Crippen molar-refractivity contribution in [1.29, 1.82) is 0 Å². The molecule has 16 heavy (non-hydrogen) atoms. The van der Waals surface area contributed by atoms with Gasteiger partial charge in [-0.15, -0.1) is 0 Å². The van der Waals surface area contributed by atoms with E-state index in [0.29, 0.717) is 5.92 Å². The van der Waals surface area contributed by atoms with Crippen LogP contribution >= 0.6 is 0 Å². The summed E-state index contributed by atoms with van der Waals surface area (Å²) in [5.41, 5.74) is 2.06. The Hall–Kier alpha value is -0.820. The molecule has 90 valence electrons. The standard InChI is InChI=1S/C15H24O/c1-5-15(16,6-2)11-13-7-9-14(10-8-13)12(3)4/h7-10,12,16H,5-6,11H2,1-4H3. The monoisotopic (exact) mass is 220 g/mol. The highest BCUT2D eigenvalue weighted by atomic mass is 16.3. The zero-order valence-corrected chi connectivity index (χ0v) is 11.0. The van der Waals surface area contributed by atoms with Gasteiger partial charge in [-0.25, -0.2) is 0 Å². The minimum absolute atomic E-state index is 0.528. The molecule has 0 saturated heterocycles. The molecule has 0 atom stereocenters. The summed E-state index contributed by atoms with van der Waals surface area (Å²) in [4.78, 5) is 0. The Balaban J connectivity index is 2.75. The third-order valence-corrected chi connectivity index (χ3v) is 3.50. The Kier molecular flexibility index (Phi) is 4.55. The van der Waals surface area contributed by atoms with E-state index in [1.165, 1.54) is 11.1 Å². The van der Waals surface area contributed by atoms with E-state index in [4.69, 9.17) is 0 Å².